The summed E-state index contributed by atoms with van der Waals surface area (Å²) < 4.78 is 0. The summed E-state index contributed by atoms with van der Waals surface area (Å²) in [6.45, 7) is 9.20. The highest BCUT2D eigenvalue weighted by Crippen LogP contribution is 2.10. The van der Waals surface area contributed by atoms with Crippen molar-refractivity contribution in [3.05, 3.63) is 29.6 Å². The van der Waals surface area contributed by atoms with Crippen molar-refractivity contribution < 1.29 is 4.79 Å². The van der Waals surface area contributed by atoms with E-state index in [0.29, 0.717) is 6.42 Å². The largest absolute Gasteiger partial charge is 0.357 e. The molecule has 132 valence electrons. The Morgan fingerprint density at radius 3 is 3.00 bits per heavy atom. The van der Waals surface area contributed by atoms with Gasteiger partial charge in [-0.2, -0.15) is 0 Å². The molecule has 0 bridgehead atoms. The molecule has 1 unspecified atom stereocenters. The molecule has 2 N–H and O–H groups in total. The van der Waals surface area contributed by atoms with Crippen molar-refractivity contribution in [1.82, 2.24) is 20.5 Å². The first-order valence-electron chi connectivity index (χ1n) is 8.86. The predicted octanol–water partition coefficient (Wildman–Crippen LogP) is 1.50. The molecule has 0 radical (unpaired) electrons. The number of amides is 1. The van der Waals surface area contributed by atoms with Crippen LogP contribution in [0.1, 0.15) is 37.8 Å². The molecular formula is C18H29N5O. The van der Waals surface area contributed by atoms with Gasteiger partial charge in [0.15, 0.2) is 5.96 Å². The number of hydrogen-bond donors (Lipinski definition) is 2. The number of aryl methyl sites for hydroxylation is 1. The first-order valence-corrected chi connectivity index (χ1v) is 8.86. The third kappa shape index (κ3) is 5.22. The van der Waals surface area contributed by atoms with Crippen LogP contribution in [0.15, 0.2) is 23.5 Å². The topological polar surface area (TPSA) is 69.6 Å². The number of aromatic nitrogens is 1. The van der Waals surface area contributed by atoms with Crippen molar-refractivity contribution in [3.63, 3.8) is 0 Å². The number of pyridine rings is 1. The van der Waals surface area contributed by atoms with Gasteiger partial charge in [0.2, 0.25) is 5.91 Å². The summed E-state index contributed by atoms with van der Waals surface area (Å²) >= 11 is 0. The second-order valence-corrected chi connectivity index (χ2v) is 6.14. The van der Waals surface area contributed by atoms with Crippen molar-refractivity contribution in [2.24, 2.45) is 4.99 Å². The number of likely N-dealkylation sites (tertiary alicyclic amines) is 1. The van der Waals surface area contributed by atoms with Gasteiger partial charge in [0.05, 0.1) is 0 Å². The Morgan fingerprint density at radius 1 is 1.46 bits per heavy atom. The minimum Gasteiger partial charge on any atom is -0.357 e. The minimum atomic E-state index is 0.231. The van der Waals surface area contributed by atoms with E-state index in [-0.39, 0.29) is 11.9 Å². The number of nitrogens with one attached hydrogen (secondary N) is 2. The van der Waals surface area contributed by atoms with Crippen LogP contribution in [0.25, 0.3) is 0 Å². The lowest BCUT2D eigenvalue weighted by Gasteiger charge is -2.18. The fourth-order valence-electron chi connectivity index (χ4n) is 2.91. The maximum atomic E-state index is 11.8. The number of hydrogen-bond acceptors (Lipinski definition) is 3. The standard InChI is InChI=1S/C18H29N5O/c1-4-17(24)23-11-8-16(13-23)22-18(20-5-2)21-10-7-15-6-9-19-12-14(15)3/h6,9,12,16H,4-5,7-8,10-11,13H2,1-3H3,(H2,20,21,22). The summed E-state index contributed by atoms with van der Waals surface area (Å²) in [5, 5.41) is 6.75. The number of carbonyl (C=O) groups is 1. The van der Waals surface area contributed by atoms with Gasteiger partial charge in [-0.05, 0) is 43.9 Å². The molecule has 2 heterocycles. The summed E-state index contributed by atoms with van der Waals surface area (Å²) in [6, 6.07) is 2.33. The molecule has 1 fully saturated rings. The zero-order chi connectivity index (χ0) is 17.4. The van der Waals surface area contributed by atoms with E-state index in [9.17, 15) is 4.79 Å². The van der Waals surface area contributed by atoms with Gasteiger partial charge in [0, 0.05) is 51.0 Å². The summed E-state index contributed by atoms with van der Waals surface area (Å²) in [7, 11) is 0. The molecule has 1 saturated heterocycles. The van der Waals surface area contributed by atoms with Crippen LogP contribution >= 0.6 is 0 Å². The summed E-state index contributed by atoms with van der Waals surface area (Å²) in [4.78, 5) is 22.5. The molecule has 1 aliphatic heterocycles. The highest BCUT2D eigenvalue weighted by Gasteiger charge is 2.25. The molecule has 0 aromatic carbocycles. The van der Waals surface area contributed by atoms with Crippen molar-refractivity contribution in [3.8, 4) is 0 Å². The first kappa shape index (κ1) is 18.2. The molecule has 1 atom stereocenters. The second-order valence-electron chi connectivity index (χ2n) is 6.14. The highest BCUT2D eigenvalue weighted by atomic mass is 16.2. The van der Waals surface area contributed by atoms with Crippen LogP contribution in [0.4, 0.5) is 0 Å². The number of nitrogens with zero attached hydrogens (tertiary/aromatic N) is 3. The maximum absolute atomic E-state index is 11.8. The van der Waals surface area contributed by atoms with Gasteiger partial charge in [-0.25, -0.2) is 0 Å². The Morgan fingerprint density at radius 2 is 2.29 bits per heavy atom. The molecule has 1 amide bonds. The third-order valence-corrected chi connectivity index (χ3v) is 4.32. The lowest BCUT2D eigenvalue weighted by Crippen LogP contribution is -2.45. The van der Waals surface area contributed by atoms with Gasteiger partial charge in [-0.15, -0.1) is 0 Å². The second kappa shape index (κ2) is 9.25. The Labute approximate surface area is 144 Å². The normalized spacial score (nSPS) is 17.9. The van der Waals surface area contributed by atoms with E-state index >= 15 is 0 Å². The Balaban J connectivity index is 1.87. The fraction of sp³-hybridized carbons (Fsp3) is 0.611. The minimum absolute atomic E-state index is 0.231. The van der Waals surface area contributed by atoms with Crippen LogP contribution in [0.5, 0.6) is 0 Å². The van der Waals surface area contributed by atoms with Gasteiger partial charge in [-0.3, -0.25) is 14.8 Å². The molecule has 1 aromatic heterocycles. The molecule has 1 aromatic rings. The summed E-state index contributed by atoms with van der Waals surface area (Å²) in [5.74, 6) is 1.06. The van der Waals surface area contributed by atoms with E-state index in [2.05, 4.69) is 40.5 Å². The number of rotatable bonds is 6. The molecule has 0 aliphatic carbocycles. The predicted molar refractivity (Wildman–Crippen MR) is 97.1 cm³/mol. The molecular weight excluding hydrogens is 302 g/mol. The van der Waals surface area contributed by atoms with E-state index in [1.807, 2.05) is 24.2 Å². The molecule has 2 rings (SSSR count). The molecule has 24 heavy (non-hydrogen) atoms. The lowest BCUT2D eigenvalue weighted by atomic mass is 10.1. The summed E-state index contributed by atoms with van der Waals surface area (Å²) in [6.07, 6.45) is 6.16. The Hall–Kier alpha value is -2.11. The van der Waals surface area contributed by atoms with Crippen molar-refractivity contribution in [2.75, 3.05) is 26.2 Å². The van der Waals surface area contributed by atoms with Crippen molar-refractivity contribution in [2.45, 2.75) is 46.1 Å². The summed E-state index contributed by atoms with van der Waals surface area (Å²) in [5.41, 5.74) is 2.49. The van der Waals surface area contributed by atoms with Crippen LogP contribution in [0, 0.1) is 6.92 Å². The molecule has 6 nitrogen and oxygen atoms in total. The first-order chi connectivity index (χ1) is 11.6. The highest BCUT2D eigenvalue weighted by molar-refractivity contribution is 5.80. The van der Waals surface area contributed by atoms with Gasteiger partial charge in [-0.1, -0.05) is 6.92 Å². The molecule has 6 heteroatoms. The van der Waals surface area contributed by atoms with Crippen LogP contribution in [-0.2, 0) is 11.2 Å². The average molecular weight is 331 g/mol. The van der Waals surface area contributed by atoms with Gasteiger partial charge < -0.3 is 15.5 Å². The number of carbonyl (C=O) groups excluding carboxylic acids is 1. The van der Waals surface area contributed by atoms with E-state index < -0.39 is 0 Å². The average Bonchev–Trinajstić information content (AvgIpc) is 3.04. The van der Waals surface area contributed by atoms with E-state index in [0.717, 1.165) is 45.0 Å². The lowest BCUT2D eigenvalue weighted by molar-refractivity contribution is -0.129. The van der Waals surface area contributed by atoms with Gasteiger partial charge >= 0.3 is 0 Å². The molecule has 0 spiro atoms. The SMILES string of the molecule is CCNC(=NCCc1ccncc1C)NC1CCN(C(=O)CC)C1. The van der Waals surface area contributed by atoms with E-state index in [1.54, 1.807) is 0 Å². The van der Waals surface area contributed by atoms with Crippen LogP contribution in [-0.4, -0.2) is 54.0 Å². The van der Waals surface area contributed by atoms with E-state index in [1.165, 1.54) is 11.1 Å². The van der Waals surface area contributed by atoms with Crippen LogP contribution in [0.3, 0.4) is 0 Å². The Kier molecular flexibility index (Phi) is 7.03. The van der Waals surface area contributed by atoms with Gasteiger partial charge in [0.25, 0.3) is 0 Å². The van der Waals surface area contributed by atoms with Crippen LogP contribution in [0.2, 0.25) is 0 Å². The molecule has 1 aliphatic rings. The number of aliphatic imine (C=N–C) groups is 1. The van der Waals surface area contributed by atoms with Crippen molar-refractivity contribution >= 4 is 11.9 Å². The number of guanidine groups is 1. The zero-order valence-corrected chi connectivity index (χ0v) is 15.0. The fourth-order valence-corrected chi connectivity index (χ4v) is 2.91. The van der Waals surface area contributed by atoms with Crippen molar-refractivity contribution in [1.29, 1.82) is 0 Å². The van der Waals surface area contributed by atoms with E-state index in [4.69, 9.17) is 0 Å². The Bertz CT molecular complexity index is 572. The molecule has 0 saturated carbocycles. The quantitative estimate of drug-likeness (QED) is 0.612. The smallest absolute Gasteiger partial charge is 0.222 e. The monoisotopic (exact) mass is 331 g/mol. The van der Waals surface area contributed by atoms with Gasteiger partial charge in [0.1, 0.15) is 0 Å². The maximum Gasteiger partial charge on any atom is 0.222 e. The third-order valence-electron chi connectivity index (χ3n) is 4.32. The van der Waals surface area contributed by atoms with Crippen LogP contribution < -0.4 is 10.6 Å². The zero-order valence-electron chi connectivity index (χ0n) is 15.0.